The van der Waals surface area contributed by atoms with Crippen LogP contribution in [0.25, 0.3) is 0 Å². The third kappa shape index (κ3) is 2.42. The molecule has 0 amide bonds. The van der Waals surface area contributed by atoms with Crippen molar-refractivity contribution in [1.82, 2.24) is 14.1 Å². The number of hydrogen-bond acceptors (Lipinski definition) is 5. The summed E-state index contributed by atoms with van der Waals surface area (Å²) in [5, 5.41) is 3.08. The first-order valence-corrected chi connectivity index (χ1v) is 5.77. The normalized spacial score (nSPS) is 12.4. The molecule has 2 rings (SSSR count). The highest BCUT2D eigenvalue weighted by atomic mass is 32.1. The van der Waals surface area contributed by atoms with Gasteiger partial charge in [0.25, 0.3) is 0 Å². The highest BCUT2D eigenvalue weighted by molar-refractivity contribution is 6.99. The minimum Gasteiger partial charge on any atom is -0.496 e. The van der Waals surface area contributed by atoms with Crippen LogP contribution in [0.5, 0.6) is 5.75 Å². The molecule has 1 unspecified atom stereocenters. The lowest BCUT2D eigenvalue weighted by Gasteiger charge is -2.17. The van der Waals surface area contributed by atoms with Crippen LogP contribution in [-0.4, -0.2) is 22.9 Å². The molecule has 2 aromatic rings. The van der Waals surface area contributed by atoms with Crippen molar-refractivity contribution in [3.05, 3.63) is 41.5 Å². The Balaban J connectivity index is 2.46. The summed E-state index contributed by atoms with van der Waals surface area (Å²) < 4.78 is 26.6. The number of nitrogens with one attached hydrogen (secondary N) is 1. The number of halogens is 1. The van der Waals surface area contributed by atoms with Gasteiger partial charge in [0.2, 0.25) is 0 Å². The lowest BCUT2D eigenvalue weighted by molar-refractivity contribution is 0.403. The van der Waals surface area contributed by atoms with Crippen molar-refractivity contribution >= 4 is 11.7 Å². The van der Waals surface area contributed by atoms with Gasteiger partial charge in [-0.25, -0.2) is 4.39 Å². The van der Waals surface area contributed by atoms with E-state index in [1.54, 1.807) is 26.4 Å². The first kappa shape index (κ1) is 11.9. The van der Waals surface area contributed by atoms with E-state index < -0.39 is 0 Å². The van der Waals surface area contributed by atoms with Crippen molar-refractivity contribution < 1.29 is 9.13 Å². The SMILES string of the molecule is CNC(c1cnsn1)c1cc(F)ccc1OC. The molecular weight excluding hydrogens is 241 g/mol. The smallest absolute Gasteiger partial charge is 0.124 e. The van der Waals surface area contributed by atoms with Gasteiger partial charge in [0.05, 0.1) is 36.8 Å². The zero-order valence-electron chi connectivity index (χ0n) is 9.48. The topological polar surface area (TPSA) is 47.0 Å². The van der Waals surface area contributed by atoms with Crippen LogP contribution in [0.1, 0.15) is 17.3 Å². The zero-order valence-corrected chi connectivity index (χ0v) is 10.3. The van der Waals surface area contributed by atoms with E-state index in [-0.39, 0.29) is 11.9 Å². The first-order chi connectivity index (χ1) is 8.26. The van der Waals surface area contributed by atoms with Crippen LogP contribution in [0, 0.1) is 5.82 Å². The minimum atomic E-state index is -0.302. The van der Waals surface area contributed by atoms with Crippen LogP contribution in [0.4, 0.5) is 4.39 Å². The number of aromatic nitrogens is 2. The molecule has 0 bridgehead atoms. The predicted octanol–water partition coefficient (Wildman–Crippen LogP) is 1.99. The number of nitrogens with zero attached hydrogens (tertiary/aromatic N) is 2. The Morgan fingerprint density at radius 2 is 2.29 bits per heavy atom. The average Bonchev–Trinajstić information content (AvgIpc) is 2.84. The van der Waals surface area contributed by atoms with E-state index in [1.165, 1.54) is 12.1 Å². The van der Waals surface area contributed by atoms with Crippen LogP contribution in [-0.2, 0) is 0 Å². The van der Waals surface area contributed by atoms with Crippen molar-refractivity contribution in [2.75, 3.05) is 14.2 Å². The second kappa shape index (κ2) is 5.20. The van der Waals surface area contributed by atoms with E-state index in [0.717, 1.165) is 17.4 Å². The van der Waals surface area contributed by atoms with E-state index in [9.17, 15) is 4.39 Å². The highest BCUT2D eigenvalue weighted by Gasteiger charge is 2.19. The van der Waals surface area contributed by atoms with Gasteiger partial charge in [-0.15, -0.1) is 0 Å². The quantitative estimate of drug-likeness (QED) is 0.905. The van der Waals surface area contributed by atoms with Crippen LogP contribution >= 0.6 is 11.7 Å². The minimum absolute atomic E-state index is 0.223. The molecule has 0 saturated carbocycles. The monoisotopic (exact) mass is 253 g/mol. The van der Waals surface area contributed by atoms with Crippen molar-refractivity contribution in [2.24, 2.45) is 0 Å². The lowest BCUT2D eigenvalue weighted by Crippen LogP contribution is -2.19. The summed E-state index contributed by atoms with van der Waals surface area (Å²) in [6.07, 6.45) is 1.66. The molecule has 0 spiro atoms. The van der Waals surface area contributed by atoms with Crippen molar-refractivity contribution in [3.63, 3.8) is 0 Å². The van der Waals surface area contributed by atoms with Crippen LogP contribution in [0.3, 0.4) is 0 Å². The molecule has 90 valence electrons. The predicted molar refractivity (Wildman–Crippen MR) is 63.8 cm³/mol. The molecule has 1 aromatic heterocycles. The Bertz CT molecular complexity index is 489. The van der Waals surface area contributed by atoms with Crippen LogP contribution in [0.15, 0.2) is 24.4 Å². The summed E-state index contributed by atoms with van der Waals surface area (Å²) in [6, 6.07) is 4.20. The van der Waals surface area contributed by atoms with Crippen LogP contribution in [0.2, 0.25) is 0 Å². The van der Waals surface area contributed by atoms with Gasteiger partial charge < -0.3 is 10.1 Å². The van der Waals surface area contributed by atoms with Gasteiger partial charge in [0.1, 0.15) is 11.6 Å². The van der Waals surface area contributed by atoms with Gasteiger partial charge in [0, 0.05) is 5.56 Å². The summed E-state index contributed by atoms with van der Waals surface area (Å²) in [5.74, 6) is 0.322. The van der Waals surface area contributed by atoms with E-state index in [0.29, 0.717) is 11.3 Å². The highest BCUT2D eigenvalue weighted by Crippen LogP contribution is 2.29. The van der Waals surface area contributed by atoms with E-state index in [1.807, 2.05) is 0 Å². The largest absolute Gasteiger partial charge is 0.496 e. The van der Waals surface area contributed by atoms with E-state index >= 15 is 0 Å². The number of rotatable bonds is 4. The summed E-state index contributed by atoms with van der Waals surface area (Å²) in [7, 11) is 3.34. The molecule has 17 heavy (non-hydrogen) atoms. The van der Waals surface area contributed by atoms with Gasteiger partial charge in [-0.05, 0) is 25.2 Å². The fourth-order valence-corrected chi connectivity index (χ4v) is 2.14. The molecular formula is C11H12FN3OS. The fraction of sp³-hybridized carbons (Fsp3) is 0.273. The fourth-order valence-electron chi connectivity index (χ4n) is 1.69. The zero-order chi connectivity index (χ0) is 12.3. The summed E-state index contributed by atoms with van der Waals surface area (Å²) in [5.41, 5.74) is 1.46. The lowest BCUT2D eigenvalue weighted by atomic mass is 10.0. The maximum Gasteiger partial charge on any atom is 0.124 e. The van der Waals surface area contributed by atoms with Gasteiger partial charge in [0.15, 0.2) is 0 Å². The van der Waals surface area contributed by atoms with Gasteiger partial charge >= 0.3 is 0 Å². The number of benzene rings is 1. The van der Waals surface area contributed by atoms with Crippen LogP contribution < -0.4 is 10.1 Å². The number of ether oxygens (including phenoxy) is 1. The van der Waals surface area contributed by atoms with Crippen molar-refractivity contribution in [3.8, 4) is 5.75 Å². The molecule has 1 N–H and O–H groups in total. The number of methoxy groups -OCH3 is 1. The van der Waals surface area contributed by atoms with Gasteiger partial charge in [-0.1, -0.05) is 0 Å². The number of hydrogen-bond donors (Lipinski definition) is 1. The summed E-state index contributed by atoms with van der Waals surface area (Å²) in [6.45, 7) is 0. The molecule has 1 aromatic carbocycles. The molecule has 0 saturated heterocycles. The first-order valence-electron chi connectivity index (χ1n) is 5.04. The Morgan fingerprint density at radius 1 is 1.47 bits per heavy atom. The molecule has 1 atom stereocenters. The second-order valence-electron chi connectivity index (χ2n) is 3.44. The van der Waals surface area contributed by atoms with E-state index in [2.05, 4.69) is 14.1 Å². The third-order valence-corrected chi connectivity index (χ3v) is 2.96. The molecule has 4 nitrogen and oxygen atoms in total. The Kier molecular flexibility index (Phi) is 3.65. The maximum absolute atomic E-state index is 13.3. The van der Waals surface area contributed by atoms with Gasteiger partial charge in [-0.2, -0.15) is 8.75 Å². The molecule has 0 radical (unpaired) electrons. The molecule has 6 heteroatoms. The van der Waals surface area contributed by atoms with E-state index in [4.69, 9.17) is 4.74 Å². The Morgan fingerprint density at radius 3 is 2.88 bits per heavy atom. The molecule has 1 heterocycles. The average molecular weight is 253 g/mol. The molecule has 0 fully saturated rings. The maximum atomic E-state index is 13.3. The second-order valence-corrected chi connectivity index (χ2v) is 4.00. The molecule has 0 aliphatic heterocycles. The van der Waals surface area contributed by atoms with Crippen molar-refractivity contribution in [1.29, 1.82) is 0 Å². The summed E-state index contributed by atoms with van der Waals surface area (Å²) in [4.78, 5) is 0. The molecule has 0 aliphatic carbocycles. The van der Waals surface area contributed by atoms with Crippen molar-refractivity contribution in [2.45, 2.75) is 6.04 Å². The standard InChI is InChI=1S/C11H12FN3OS/c1-13-11(9-6-14-17-15-9)8-5-7(12)3-4-10(8)16-2/h3-6,11,13H,1-2H3. The van der Waals surface area contributed by atoms with Gasteiger partial charge in [-0.3, -0.25) is 0 Å². The Labute approximate surface area is 103 Å². The molecule has 0 aliphatic rings. The third-order valence-electron chi connectivity index (χ3n) is 2.47. The summed E-state index contributed by atoms with van der Waals surface area (Å²) >= 11 is 1.12. The Hall–Kier alpha value is -1.53.